The highest BCUT2D eigenvalue weighted by Crippen LogP contribution is 2.37. The molecule has 1 spiro atoms. The van der Waals surface area contributed by atoms with Gasteiger partial charge in [-0.3, -0.25) is 9.47 Å². The van der Waals surface area contributed by atoms with Crippen LogP contribution < -0.4 is 9.64 Å². The summed E-state index contributed by atoms with van der Waals surface area (Å²) in [6.45, 7) is 8.27. The van der Waals surface area contributed by atoms with Crippen LogP contribution in [0.3, 0.4) is 0 Å². The number of hydrogen-bond donors (Lipinski definition) is 0. The molecule has 0 atom stereocenters. The van der Waals surface area contributed by atoms with Gasteiger partial charge in [-0.1, -0.05) is 24.3 Å². The van der Waals surface area contributed by atoms with Crippen molar-refractivity contribution in [2.75, 3.05) is 31.1 Å². The van der Waals surface area contributed by atoms with Crippen LogP contribution in [0, 0.1) is 0 Å². The third-order valence-electron chi connectivity index (χ3n) is 6.38. The van der Waals surface area contributed by atoms with Crippen LogP contribution in [0.1, 0.15) is 44.0 Å². The van der Waals surface area contributed by atoms with Crippen molar-refractivity contribution in [3.8, 4) is 5.75 Å². The zero-order chi connectivity index (χ0) is 19.0. The fraction of sp³-hybridized carbons (Fsp3) is 0.545. The maximum atomic E-state index is 6.43. The van der Waals surface area contributed by atoms with Gasteiger partial charge in [0.2, 0.25) is 5.95 Å². The lowest BCUT2D eigenvalue weighted by Crippen LogP contribution is -2.48. The summed E-state index contributed by atoms with van der Waals surface area (Å²) in [6, 6.07) is 8.29. The molecule has 6 heteroatoms. The average Bonchev–Trinajstić information content (AvgIpc) is 3.39. The summed E-state index contributed by atoms with van der Waals surface area (Å²) < 4.78 is 8.73. The monoisotopic (exact) mass is 379 g/mol. The van der Waals surface area contributed by atoms with Crippen LogP contribution in [0.2, 0.25) is 0 Å². The molecule has 3 aliphatic heterocycles. The van der Waals surface area contributed by atoms with Crippen LogP contribution in [0.4, 0.5) is 5.95 Å². The summed E-state index contributed by atoms with van der Waals surface area (Å²) >= 11 is 0. The van der Waals surface area contributed by atoms with Crippen LogP contribution >= 0.6 is 0 Å². The molecule has 0 N–H and O–H groups in total. The smallest absolute Gasteiger partial charge is 0.227 e. The molecule has 6 nitrogen and oxygen atoms in total. The van der Waals surface area contributed by atoms with Gasteiger partial charge in [-0.15, -0.1) is 10.2 Å². The summed E-state index contributed by atoms with van der Waals surface area (Å²) in [5.74, 6) is 3.12. The minimum Gasteiger partial charge on any atom is -0.482 e. The van der Waals surface area contributed by atoms with Gasteiger partial charge in [-0.2, -0.15) is 0 Å². The quantitative estimate of drug-likeness (QED) is 0.815. The normalized spacial score (nSPS) is 21.1. The van der Waals surface area contributed by atoms with E-state index in [-0.39, 0.29) is 5.60 Å². The first kappa shape index (κ1) is 17.7. The number of benzene rings is 1. The van der Waals surface area contributed by atoms with E-state index >= 15 is 0 Å². The summed E-state index contributed by atoms with van der Waals surface area (Å²) in [4.78, 5) is 4.87. The number of nitrogens with zero attached hydrogens (tertiary/aromatic N) is 5. The number of aromatic nitrogens is 3. The highest BCUT2D eigenvalue weighted by atomic mass is 16.5. The Morgan fingerprint density at radius 2 is 1.82 bits per heavy atom. The SMILES string of the molecule is CCn1c(CN2CCCC2)nnc1N1CCC2(C=Cc3ccccc3O2)CC1. The molecule has 1 aromatic carbocycles. The number of hydrogen-bond acceptors (Lipinski definition) is 5. The van der Waals surface area contributed by atoms with Gasteiger partial charge < -0.3 is 9.64 Å². The second kappa shape index (κ2) is 7.24. The number of para-hydroxylation sites is 1. The number of piperidine rings is 1. The molecule has 3 aliphatic rings. The second-order valence-corrected chi connectivity index (χ2v) is 8.17. The Morgan fingerprint density at radius 3 is 2.61 bits per heavy atom. The third-order valence-corrected chi connectivity index (χ3v) is 6.38. The molecule has 4 heterocycles. The van der Waals surface area contributed by atoms with Crippen LogP contribution in [-0.2, 0) is 13.1 Å². The van der Waals surface area contributed by atoms with E-state index in [1.54, 1.807) is 0 Å². The van der Waals surface area contributed by atoms with Crippen LogP contribution in [0.25, 0.3) is 6.08 Å². The Morgan fingerprint density at radius 1 is 1.04 bits per heavy atom. The average molecular weight is 380 g/mol. The predicted octanol–water partition coefficient (Wildman–Crippen LogP) is 3.34. The number of anilines is 1. The molecule has 2 fully saturated rings. The molecular weight excluding hydrogens is 350 g/mol. The Balaban J connectivity index is 1.29. The summed E-state index contributed by atoms with van der Waals surface area (Å²) in [5.41, 5.74) is 0.994. The fourth-order valence-corrected chi connectivity index (χ4v) is 4.70. The maximum absolute atomic E-state index is 6.43. The van der Waals surface area contributed by atoms with E-state index in [1.165, 1.54) is 31.5 Å². The van der Waals surface area contributed by atoms with Crippen molar-refractivity contribution in [1.29, 1.82) is 0 Å². The van der Waals surface area contributed by atoms with E-state index in [1.807, 2.05) is 6.07 Å². The van der Waals surface area contributed by atoms with Crippen LogP contribution in [-0.4, -0.2) is 51.4 Å². The summed E-state index contributed by atoms with van der Waals surface area (Å²) in [5, 5.41) is 9.12. The van der Waals surface area contributed by atoms with Crippen LogP contribution in [0.15, 0.2) is 30.3 Å². The molecule has 0 radical (unpaired) electrons. The third kappa shape index (κ3) is 3.20. The number of fused-ring (bicyclic) bond motifs is 1. The Labute approximate surface area is 166 Å². The van der Waals surface area contributed by atoms with Gasteiger partial charge in [0.15, 0.2) is 0 Å². The van der Waals surface area contributed by atoms with E-state index in [0.29, 0.717) is 0 Å². The molecular formula is C22H29N5O. The van der Waals surface area contributed by atoms with Gasteiger partial charge >= 0.3 is 0 Å². The zero-order valence-electron chi connectivity index (χ0n) is 16.7. The molecule has 1 aromatic heterocycles. The molecule has 2 aromatic rings. The Bertz CT molecular complexity index is 860. The molecule has 2 saturated heterocycles. The van der Waals surface area contributed by atoms with E-state index < -0.39 is 0 Å². The summed E-state index contributed by atoms with van der Waals surface area (Å²) in [7, 11) is 0. The van der Waals surface area contributed by atoms with Crippen molar-refractivity contribution >= 4 is 12.0 Å². The number of ether oxygens (including phenoxy) is 1. The standard InChI is InChI=1S/C22H29N5O/c1-2-27-20(17-25-13-5-6-14-25)23-24-21(27)26-15-11-22(12-16-26)10-9-18-7-3-4-8-19(18)28-22/h3-4,7-10H,2,5-6,11-17H2,1H3. The Kier molecular flexibility index (Phi) is 4.59. The second-order valence-electron chi connectivity index (χ2n) is 8.17. The summed E-state index contributed by atoms with van der Waals surface area (Å²) in [6.07, 6.45) is 9.02. The molecule has 0 unspecified atom stereocenters. The minimum atomic E-state index is -0.180. The van der Waals surface area contributed by atoms with Crippen molar-refractivity contribution < 1.29 is 4.74 Å². The molecule has 5 rings (SSSR count). The van der Waals surface area contributed by atoms with E-state index in [9.17, 15) is 0 Å². The molecule has 0 aliphatic carbocycles. The largest absolute Gasteiger partial charge is 0.482 e. The lowest BCUT2D eigenvalue weighted by atomic mass is 9.88. The maximum Gasteiger partial charge on any atom is 0.227 e. The minimum absolute atomic E-state index is 0.180. The van der Waals surface area contributed by atoms with Gasteiger partial charge in [0.1, 0.15) is 17.2 Å². The first-order valence-corrected chi connectivity index (χ1v) is 10.6. The van der Waals surface area contributed by atoms with Gasteiger partial charge in [0.05, 0.1) is 6.54 Å². The molecule has 0 saturated carbocycles. The first-order chi connectivity index (χ1) is 13.8. The van der Waals surface area contributed by atoms with Crippen molar-refractivity contribution in [1.82, 2.24) is 19.7 Å². The number of likely N-dealkylation sites (tertiary alicyclic amines) is 1. The molecule has 28 heavy (non-hydrogen) atoms. The zero-order valence-corrected chi connectivity index (χ0v) is 16.7. The molecule has 0 bridgehead atoms. The topological polar surface area (TPSA) is 46.4 Å². The Hall–Kier alpha value is -2.34. The van der Waals surface area contributed by atoms with E-state index in [4.69, 9.17) is 4.74 Å². The van der Waals surface area contributed by atoms with Gasteiger partial charge in [0.25, 0.3) is 0 Å². The van der Waals surface area contributed by atoms with Crippen molar-refractivity contribution in [2.24, 2.45) is 0 Å². The van der Waals surface area contributed by atoms with Crippen molar-refractivity contribution in [3.05, 3.63) is 41.7 Å². The lowest BCUT2D eigenvalue weighted by Gasteiger charge is -2.42. The van der Waals surface area contributed by atoms with Crippen molar-refractivity contribution in [2.45, 2.75) is 51.3 Å². The predicted molar refractivity (Wildman–Crippen MR) is 110 cm³/mol. The van der Waals surface area contributed by atoms with Crippen molar-refractivity contribution in [3.63, 3.8) is 0 Å². The van der Waals surface area contributed by atoms with Gasteiger partial charge in [0, 0.05) is 38.0 Å². The van der Waals surface area contributed by atoms with E-state index in [0.717, 1.165) is 56.5 Å². The van der Waals surface area contributed by atoms with Gasteiger partial charge in [-0.25, -0.2) is 0 Å². The lowest BCUT2D eigenvalue weighted by molar-refractivity contribution is 0.0888. The van der Waals surface area contributed by atoms with Gasteiger partial charge in [-0.05, 0) is 45.0 Å². The van der Waals surface area contributed by atoms with Crippen LogP contribution in [0.5, 0.6) is 5.75 Å². The van der Waals surface area contributed by atoms with E-state index in [2.05, 4.69) is 61.8 Å². The molecule has 148 valence electrons. The number of rotatable bonds is 4. The highest BCUT2D eigenvalue weighted by Gasteiger charge is 2.37. The highest BCUT2D eigenvalue weighted by molar-refractivity contribution is 5.61. The fourth-order valence-electron chi connectivity index (χ4n) is 4.70. The first-order valence-electron chi connectivity index (χ1n) is 10.6. The molecule has 0 amide bonds.